The summed E-state index contributed by atoms with van der Waals surface area (Å²) in [6.45, 7) is 0. The highest BCUT2D eigenvalue weighted by Crippen LogP contribution is 2.41. The minimum absolute atomic E-state index is 0.127. The van der Waals surface area contributed by atoms with E-state index in [1.54, 1.807) is 48.5 Å². The fourth-order valence-corrected chi connectivity index (χ4v) is 4.15. The van der Waals surface area contributed by atoms with Crippen LogP contribution in [-0.4, -0.2) is 59.5 Å². The first-order valence-electron chi connectivity index (χ1n) is 11.9. The third kappa shape index (κ3) is 5.21. The lowest BCUT2D eigenvalue weighted by atomic mass is 10.1. The molecule has 0 aliphatic carbocycles. The summed E-state index contributed by atoms with van der Waals surface area (Å²) in [5.41, 5.74) is 0.692. The lowest BCUT2D eigenvalue weighted by molar-refractivity contribution is 0.0732. The number of carbonyl (C=O) groups excluding carboxylic acids is 2. The second-order valence-electron chi connectivity index (χ2n) is 8.13. The summed E-state index contributed by atoms with van der Waals surface area (Å²) in [6, 6.07) is 14.8. The van der Waals surface area contributed by atoms with Crippen molar-refractivity contribution in [1.82, 2.24) is 4.98 Å². The molecule has 0 bridgehead atoms. The van der Waals surface area contributed by atoms with E-state index in [9.17, 15) is 9.59 Å². The first kappa shape index (κ1) is 27.8. The number of fused-ring (bicyclic) bond motifs is 1. The molecule has 0 aliphatic heterocycles. The number of nitrogens with zero attached hydrogens (tertiary/aromatic N) is 1. The van der Waals surface area contributed by atoms with E-state index < -0.39 is 11.9 Å². The fraction of sp³-hybridized carbons (Fsp3) is 0.207. The molecule has 4 aromatic rings. The van der Waals surface area contributed by atoms with E-state index in [0.717, 1.165) is 0 Å². The van der Waals surface area contributed by atoms with Gasteiger partial charge in [0, 0.05) is 5.39 Å². The lowest BCUT2D eigenvalue weighted by Crippen LogP contribution is -2.15. The van der Waals surface area contributed by atoms with Crippen molar-refractivity contribution in [3.63, 3.8) is 0 Å². The Kier molecular flexibility index (Phi) is 8.43. The Bertz CT molecular complexity index is 1570. The molecule has 40 heavy (non-hydrogen) atoms. The van der Waals surface area contributed by atoms with E-state index in [1.165, 1.54) is 48.7 Å². The van der Waals surface area contributed by atoms with Crippen molar-refractivity contribution >= 4 is 28.6 Å². The number of pyridine rings is 1. The molecule has 1 heterocycles. The van der Waals surface area contributed by atoms with E-state index in [-0.39, 0.29) is 45.7 Å². The Labute approximate surface area is 230 Å². The molecule has 0 atom stereocenters. The van der Waals surface area contributed by atoms with Gasteiger partial charge in [-0.15, -0.1) is 0 Å². The van der Waals surface area contributed by atoms with Gasteiger partial charge in [-0.1, -0.05) is 12.1 Å². The number of amides is 1. The van der Waals surface area contributed by atoms with Gasteiger partial charge in [0.1, 0.15) is 16.9 Å². The number of para-hydroxylation sites is 1. The van der Waals surface area contributed by atoms with Gasteiger partial charge < -0.3 is 38.5 Å². The molecule has 1 N–H and O–H groups in total. The molecule has 0 aliphatic rings. The Morgan fingerprint density at radius 2 is 1.18 bits per heavy atom. The summed E-state index contributed by atoms with van der Waals surface area (Å²) in [6.07, 6.45) is 0. The van der Waals surface area contributed by atoms with Crippen LogP contribution in [0.5, 0.6) is 40.2 Å². The summed E-state index contributed by atoms with van der Waals surface area (Å²) >= 11 is 0. The van der Waals surface area contributed by atoms with Gasteiger partial charge in [-0.3, -0.25) is 4.79 Å². The molecule has 0 fully saturated rings. The standard InChI is InChI=1S/C29H28N2O9/c1-34-20-13-11-17(24(36-3)26(20)38-5)28(32)31-22-15-10-16-8-7-9-19(23(16)30-22)40-29(33)18-12-14-21(35-2)27(39-6)25(18)37-4/h7-15H,1-6H3,(H,30,31,32). The van der Waals surface area contributed by atoms with Crippen LogP contribution < -0.4 is 38.5 Å². The van der Waals surface area contributed by atoms with Crippen LogP contribution in [0.1, 0.15) is 20.7 Å². The Hall–Kier alpha value is -5.19. The molecule has 0 saturated carbocycles. The Morgan fingerprint density at radius 3 is 1.75 bits per heavy atom. The molecule has 0 saturated heterocycles. The smallest absolute Gasteiger partial charge is 0.347 e. The SMILES string of the molecule is COc1ccc(C(=O)Nc2ccc3cccc(OC(=O)c4ccc(OC)c(OC)c4OC)c3n2)c(OC)c1OC. The number of anilines is 1. The number of hydrogen-bond acceptors (Lipinski definition) is 10. The zero-order valence-corrected chi connectivity index (χ0v) is 22.8. The van der Waals surface area contributed by atoms with Crippen molar-refractivity contribution in [3.05, 3.63) is 65.7 Å². The topological polar surface area (TPSA) is 124 Å². The quantitative estimate of drug-likeness (QED) is 0.219. The number of rotatable bonds is 10. The molecular formula is C29H28N2O9. The molecule has 0 spiro atoms. The minimum atomic E-state index is -0.698. The molecule has 0 radical (unpaired) electrons. The van der Waals surface area contributed by atoms with Crippen molar-refractivity contribution in [2.75, 3.05) is 48.0 Å². The number of methoxy groups -OCH3 is 6. The molecule has 1 amide bonds. The number of carbonyl (C=O) groups is 2. The van der Waals surface area contributed by atoms with Crippen LogP contribution in [0.25, 0.3) is 10.9 Å². The zero-order valence-electron chi connectivity index (χ0n) is 22.8. The van der Waals surface area contributed by atoms with Crippen LogP contribution in [0.4, 0.5) is 5.82 Å². The highest BCUT2D eigenvalue weighted by atomic mass is 16.5. The number of aromatic nitrogens is 1. The molecule has 3 aromatic carbocycles. The van der Waals surface area contributed by atoms with Crippen LogP contribution in [0, 0.1) is 0 Å². The predicted molar refractivity (Wildman–Crippen MR) is 147 cm³/mol. The number of esters is 1. The molecule has 1 aromatic heterocycles. The third-order valence-electron chi connectivity index (χ3n) is 6.00. The maximum Gasteiger partial charge on any atom is 0.347 e. The summed E-state index contributed by atoms with van der Waals surface area (Å²) in [7, 11) is 8.70. The molecule has 4 rings (SSSR count). The zero-order chi connectivity index (χ0) is 28.8. The van der Waals surface area contributed by atoms with E-state index in [4.69, 9.17) is 33.2 Å². The summed E-state index contributed by atoms with van der Waals surface area (Å²) < 4.78 is 37.9. The van der Waals surface area contributed by atoms with Crippen LogP contribution in [0.15, 0.2) is 54.6 Å². The van der Waals surface area contributed by atoms with Gasteiger partial charge in [0.2, 0.25) is 11.5 Å². The van der Waals surface area contributed by atoms with E-state index >= 15 is 0 Å². The fourth-order valence-electron chi connectivity index (χ4n) is 4.15. The minimum Gasteiger partial charge on any atom is -0.493 e. The highest BCUT2D eigenvalue weighted by Gasteiger charge is 2.24. The van der Waals surface area contributed by atoms with Crippen molar-refractivity contribution in [3.8, 4) is 40.2 Å². The number of hydrogen-bond donors (Lipinski definition) is 1. The molecule has 11 nitrogen and oxygen atoms in total. The second-order valence-corrected chi connectivity index (χ2v) is 8.13. The van der Waals surface area contributed by atoms with Gasteiger partial charge in [0.25, 0.3) is 5.91 Å². The maximum absolute atomic E-state index is 13.2. The van der Waals surface area contributed by atoms with Gasteiger partial charge in [0.05, 0.1) is 48.2 Å². The molecule has 208 valence electrons. The number of benzene rings is 3. The summed E-state index contributed by atoms with van der Waals surface area (Å²) in [4.78, 5) is 30.9. The van der Waals surface area contributed by atoms with E-state index in [1.807, 2.05) is 0 Å². The van der Waals surface area contributed by atoms with Crippen molar-refractivity contribution in [2.45, 2.75) is 0 Å². The Morgan fingerprint density at radius 1 is 0.600 bits per heavy atom. The lowest BCUT2D eigenvalue weighted by Gasteiger charge is -2.16. The van der Waals surface area contributed by atoms with E-state index in [2.05, 4.69) is 10.3 Å². The van der Waals surface area contributed by atoms with Crippen molar-refractivity contribution < 1.29 is 42.7 Å². The normalized spacial score (nSPS) is 10.4. The van der Waals surface area contributed by atoms with Crippen LogP contribution in [-0.2, 0) is 0 Å². The van der Waals surface area contributed by atoms with Gasteiger partial charge >= 0.3 is 5.97 Å². The van der Waals surface area contributed by atoms with Crippen LogP contribution >= 0.6 is 0 Å². The number of nitrogens with one attached hydrogen (secondary N) is 1. The maximum atomic E-state index is 13.2. The average molecular weight is 549 g/mol. The third-order valence-corrected chi connectivity index (χ3v) is 6.00. The van der Waals surface area contributed by atoms with Gasteiger partial charge in [-0.05, 0) is 42.5 Å². The summed E-state index contributed by atoms with van der Waals surface area (Å²) in [5.74, 6) is 0.934. The number of ether oxygens (including phenoxy) is 7. The summed E-state index contributed by atoms with van der Waals surface area (Å²) in [5, 5.41) is 3.44. The predicted octanol–water partition coefficient (Wildman–Crippen LogP) is 4.76. The first-order valence-corrected chi connectivity index (χ1v) is 11.9. The molecular weight excluding hydrogens is 520 g/mol. The second kappa shape index (κ2) is 12.1. The van der Waals surface area contributed by atoms with Gasteiger partial charge in [-0.25, -0.2) is 9.78 Å². The molecule has 11 heteroatoms. The average Bonchev–Trinajstić information content (AvgIpc) is 2.99. The Balaban J connectivity index is 1.66. The van der Waals surface area contributed by atoms with Gasteiger partial charge in [-0.2, -0.15) is 0 Å². The van der Waals surface area contributed by atoms with Crippen molar-refractivity contribution in [2.24, 2.45) is 0 Å². The van der Waals surface area contributed by atoms with Gasteiger partial charge in [0.15, 0.2) is 28.7 Å². The highest BCUT2D eigenvalue weighted by molar-refractivity contribution is 6.07. The first-order chi connectivity index (χ1) is 19.4. The van der Waals surface area contributed by atoms with E-state index in [0.29, 0.717) is 22.4 Å². The van der Waals surface area contributed by atoms with Crippen molar-refractivity contribution in [1.29, 1.82) is 0 Å². The largest absolute Gasteiger partial charge is 0.493 e. The molecule has 0 unspecified atom stereocenters. The van der Waals surface area contributed by atoms with Crippen LogP contribution in [0.2, 0.25) is 0 Å². The monoisotopic (exact) mass is 548 g/mol. The van der Waals surface area contributed by atoms with Crippen LogP contribution in [0.3, 0.4) is 0 Å².